The number of thioether (sulfide) groups is 1. The molecular weight excluding hydrogens is 458 g/mol. The molecule has 0 unspecified atom stereocenters. The number of carbonyl (C=O) groups is 2. The Hall–Kier alpha value is -3.50. The molecule has 33 heavy (non-hydrogen) atoms. The number of nitrogens with one attached hydrogen (secondary N) is 1. The van der Waals surface area contributed by atoms with Crippen LogP contribution in [0.5, 0.6) is 0 Å². The Kier molecular flexibility index (Phi) is 7.16. The highest BCUT2D eigenvalue weighted by molar-refractivity contribution is 7.99. The number of rotatable bonds is 8. The smallest absolute Gasteiger partial charge is 0.350 e. The number of aromatic nitrogens is 4. The number of pyridine rings is 1. The normalized spacial score (nSPS) is 10.7. The third-order valence-electron chi connectivity index (χ3n) is 4.63. The zero-order valence-electron chi connectivity index (χ0n) is 18.0. The van der Waals surface area contributed by atoms with Gasteiger partial charge in [0.25, 0.3) is 0 Å². The van der Waals surface area contributed by atoms with E-state index < -0.39 is 5.97 Å². The fourth-order valence-corrected chi connectivity index (χ4v) is 4.81. The number of ether oxygens (including phenoxy) is 1. The first kappa shape index (κ1) is 22.7. The minimum Gasteiger partial charge on any atom is -0.462 e. The molecular formula is C23H21N5O3S2. The Labute approximate surface area is 199 Å². The molecule has 1 N–H and O–H groups in total. The molecule has 0 fully saturated rings. The van der Waals surface area contributed by atoms with Gasteiger partial charge in [-0.05, 0) is 30.7 Å². The lowest BCUT2D eigenvalue weighted by molar-refractivity contribution is -0.113. The van der Waals surface area contributed by atoms with E-state index in [4.69, 9.17) is 4.74 Å². The molecule has 0 bridgehead atoms. The van der Waals surface area contributed by atoms with E-state index in [0.29, 0.717) is 21.5 Å². The van der Waals surface area contributed by atoms with Crippen LogP contribution in [0, 0.1) is 0 Å². The van der Waals surface area contributed by atoms with E-state index in [1.807, 2.05) is 54.1 Å². The van der Waals surface area contributed by atoms with Gasteiger partial charge in [-0.15, -0.1) is 21.5 Å². The van der Waals surface area contributed by atoms with Crippen LogP contribution in [0.1, 0.15) is 16.6 Å². The highest BCUT2D eigenvalue weighted by Crippen LogP contribution is 2.35. The summed E-state index contributed by atoms with van der Waals surface area (Å²) < 4.78 is 7.01. The first-order valence-corrected chi connectivity index (χ1v) is 12.0. The second-order valence-corrected chi connectivity index (χ2v) is 8.87. The molecule has 1 amide bonds. The summed E-state index contributed by atoms with van der Waals surface area (Å²) >= 11 is 2.56. The van der Waals surface area contributed by atoms with Crippen molar-refractivity contribution in [1.29, 1.82) is 0 Å². The number of anilines is 1. The predicted molar refractivity (Wildman–Crippen MR) is 129 cm³/mol. The minimum atomic E-state index is -0.456. The first-order chi connectivity index (χ1) is 16.1. The van der Waals surface area contributed by atoms with E-state index in [0.717, 1.165) is 16.0 Å². The summed E-state index contributed by atoms with van der Waals surface area (Å²) in [5.41, 5.74) is 2.30. The van der Waals surface area contributed by atoms with Gasteiger partial charge in [-0.25, -0.2) is 4.79 Å². The lowest BCUT2D eigenvalue weighted by Gasteiger charge is -2.06. The van der Waals surface area contributed by atoms with Gasteiger partial charge >= 0.3 is 5.97 Å². The second-order valence-electron chi connectivity index (χ2n) is 6.88. The molecule has 0 aliphatic carbocycles. The Morgan fingerprint density at radius 2 is 1.85 bits per heavy atom. The van der Waals surface area contributed by atoms with Gasteiger partial charge in [-0.3, -0.25) is 9.78 Å². The van der Waals surface area contributed by atoms with Crippen LogP contribution in [0.15, 0.2) is 66.1 Å². The Morgan fingerprint density at radius 1 is 1.09 bits per heavy atom. The van der Waals surface area contributed by atoms with Crippen molar-refractivity contribution in [2.75, 3.05) is 17.7 Å². The summed E-state index contributed by atoms with van der Waals surface area (Å²) in [6, 6.07) is 15.2. The van der Waals surface area contributed by atoms with Crippen molar-refractivity contribution in [2.45, 2.75) is 12.1 Å². The summed E-state index contributed by atoms with van der Waals surface area (Å²) in [6.07, 6.45) is 3.38. The van der Waals surface area contributed by atoms with Crippen LogP contribution in [0.3, 0.4) is 0 Å². The van der Waals surface area contributed by atoms with Gasteiger partial charge in [-0.2, -0.15) is 0 Å². The molecule has 0 aliphatic heterocycles. The van der Waals surface area contributed by atoms with Crippen molar-refractivity contribution in [3.63, 3.8) is 0 Å². The minimum absolute atomic E-state index is 0.112. The SMILES string of the molecule is CCOC(=O)c1sc(-c2ccccc2)cc1NC(=O)CSc1nnc(-c2ccncc2)n1C. The van der Waals surface area contributed by atoms with Crippen molar-refractivity contribution < 1.29 is 14.3 Å². The summed E-state index contributed by atoms with van der Waals surface area (Å²) in [5, 5.41) is 11.9. The lowest BCUT2D eigenvalue weighted by atomic mass is 10.2. The van der Waals surface area contributed by atoms with Crippen LogP contribution in [0.4, 0.5) is 5.69 Å². The van der Waals surface area contributed by atoms with Crippen LogP contribution in [0.2, 0.25) is 0 Å². The van der Waals surface area contributed by atoms with Crippen molar-refractivity contribution in [1.82, 2.24) is 19.7 Å². The molecule has 3 heterocycles. The maximum Gasteiger partial charge on any atom is 0.350 e. The number of carbonyl (C=O) groups excluding carboxylic acids is 2. The highest BCUT2D eigenvalue weighted by Gasteiger charge is 2.20. The highest BCUT2D eigenvalue weighted by atomic mass is 32.2. The maximum atomic E-state index is 12.7. The summed E-state index contributed by atoms with van der Waals surface area (Å²) in [4.78, 5) is 30.4. The number of nitrogens with zero attached hydrogens (tertiary/aromatic N) is 4. The van der Waals surface area contributed by atoms with E-state index >= 15 is 0 Å². The summed E-state index contributed by atoms with van der Waals surface area (Å²) in [6.45, 7) is 2.01. The Morgan fingerprint density at radius 3 is 2.58 bits per heavy atom. The van der Waals surface area contributed by atoms with E-state index in [-0.39, 0.29) is 18.3 Å². The monoisotopic (exact) mass is 479 g/mol. The second kappa shape index (κ2) is 10.4. The van der Waals surface area contributed by atoms with Gasteiger partial charge < -0.3 is 14.6 Å². The van der Waals surface area contributed by atoms with Crippen LogP contribution in [0.25, 0.3) is 21.8 Å². The molecule has 4 rings (SSSR count). The number of hydrogen-bond acceptors (Lipinski definition) is 8. The van der Waals surface area contributed by atoms with Crippen LogP contribution < -0.4 is 5.32 Å². The maximum absolute atomic E-state index is 12.7. The Balaban J connectivity index is 1.48. The van der Waals surface area contributed by atoms with Crippen molar-refractivity contribution in [3.8, 4) is 21.8 Å². The van der Waals surface area contributed by atoms with Crippen molar-refractivity contribution in [2.24, 2.45) is 7.05 Å². The molecule has 3 aromatic heterocycles. The summed E-state index contributed by atoms with van der Waals surface area (Å²) in [5.74, 6) is 0.0933. The molecule has 1 aromatic carbocycles. The fraction of sp³-hybridized carbons (Fsp3) is 0.174. The van der Waals surface area contributed by atoms with Crippen LogP contribution in [-0.2, 0) is 16.6 Å². The van der Waals surface area contributed by atoms with Gasteiger partial charge in [0, 0.05) is 29.9 Å². The number of thiophene rings is 1. The quantitative estimate of drug-likeness (QED) is 0.293. The summed E-state index contributed by atoms with van der Waals surface area (Å²) in [7, 11) is 1.85. The van der Waals surface area contributed by atoms with Crippen LogP contribution in [-0.4, -0.2) is 44.0 Å². The molecule has 8 nitrogen and oxygen atoms in total. The molecule has 0 saturated heterocycles. The first-order valence-electron chi connectivity index (χ1n) is 10.2. The number of esters is 1. The van der Waals surface area contributed by atoms with Gasteiger partial charge in [0.2, 0.25) is 5.91 Å². The molecule has 0 atom stereocenters. The molecule has 4 aromatic rings. The zero-order chi connectivity index (χ0) is 23.2. The van der Waals surface area contributed by atoms with Crippen molar-refractivity contribution >= 4 is 40.7 Å². The third kappa shape index (κ3) is 5.29. The van der Waals surface area contributed by atoms with Crippen LogP contribution >= 0.6 is 23.1 Å². The van der Waals surface area contributed by atoms with E-state index in [1.54, 1.807) is 25.4 Å². The molecule has 0 saturated carbocycles. The van der Waals surface area contributed by atoms with Gasteiger partial charge in [-0.1, -0.05) is 42.1 Å². The molecule has 168 valence electrons. The standard InChI is InChI=1S/C23H21N5O3S2/c1-3-31-22(30)20-17(13-18(33-20)15-7-5-4-6-8-15)25-19(29)14-32-23-27-26-21(28(23)2)16-9-11-24-12-10-16/h4-13H,3,14H2,1-2H3,(H,25,29). The lowest BCUT2D eigenvalue weighted by Crippen LogP contribution is -2.16. The molecule has 10 heteroatoms. The average Bonchev–Trinajstić information content (AvgIpc) is 3.42. The predicted octanol–water partition coefficient (Wildman–Crippen LogP) is 4.51. The largest absolute Gasteiger partial charge is 0.462 e. The number of benzene rings is 1. The van der Waals surface area contributed by atoms with E-state index in [9.17, 15) is 9.59 Å². The van der Waals surface area contributed by atoms with Crippen molar-refractivity contribution in [3.05, 3.63) is 65.8 Å². The van der Waals surface area contributed by atoms with Gasteiger partial charge in [0.05, 0.1) is 18.0 Å². The number of amides is 1. The Bertz CT molecular complexity index is 1260. The topological polar surface area (TPSA) is 99.0 Å². The average molecular weight is 480 g/mol. The number of hydrogen-bond donors (Lipinski definition) is 1. The third-order valence-corrected chi connectivity index (χ3v) is 6.82. The van der Waals surface area contributed by atoms with Gasteiger partial charge in [0.15, 0.2) is 11.0 Å². The van der Waals surface area contributed by atoms with E-state index in [2.05, 4.69) is 20.5 Å². The fourth-order valence-electron chi connectivity index (χ4n) is 3.09. The van der Waals surface area contributed by atoms with E-state index in [1.165, 1.54) is 23.1 Å². The molecule has 0 radical (unpaired) electrons. The van der Waals surface area contributed by atoms with Gasteiger partial charge in [0.1, 0.15) is 4.88 Å². The molecule has 0 spiro atoms. The molecule has 0 aliphatic rings. The zero-order valence-corrected chi connectivity index (χ0v) is 19.7.